The molecule has 2 aliphatic rings. The Morgan fingerprint density at radius 3 is 2.74 bits per heavy atom. The first-order valence-corrected chi connectivity index (χ1v) is 8.55. The van der Waals surface area contributed by atoms with Crippen LogP contribution in [-0.4, -0.2) is 15.5 Å². The monoisotopic (exact) mass is 305 g/mol. The van der Waals surface area contributed by atoms with Gasteiger partial charge < -0.3 is 4.57 Å². The molecule has 2 saturated heterocycles. The van der Waals surface area contributed by atoms with Crippen LogP contribution in [0.25, 0.3) is 0 Å². The van der Waals surface area contributed by atoms with Crippen molar-refractivity contribution in [2.75, 3.05) is 0 Å². The minimum Gasteiger partial charge on any atom is -0.353 e. The van der Waals surface area contributed by atoms with Gasteiger partial charge in [0, 0.05) is 37.4 Å². The fraction of sp³-hybridized carbons (Fsp3) is 0.450. The SMILES string of the molecule is Cn1cccc1C12CCC(CC(C#N)C1)N2Cc1ccccc1. The van der Waals surface area contributed by atoms with Crippen LogP contribution in [0.1, 0.15) is 36.9 Å². The highest BCUT2D eigenvalue weighted by molar-refractivity contribution is 5.26. The van der Waals surface area contributed by atoms with Crippen molar-refractivity contribution in [1.29, 1.82) is 5.26 Å². The number of benzene rings is 1. The molecule has 0 saturated carbocycles. The molecule has 0 radical (unpaired) electrons. The van der Waals surface area contributed by atoms with Crippen molar-refractivity contribution in [2.24, 2.45) is 13.0 Å². The maximum absolute atomic E-state index is 9.54. The molecule has 0 spiro atoms. The molecule has 118 valence electrons. The third-order valence-electron chi connectivity index (χ3n) is 5.82. The van der Waals surface area contributed by atoms with E-state index in [1.165, 1.54) is 24.1 Å². The number of aryl methyl sites for hydroxylation is 1. The Morgan fingerprint density at radius 1 is 1.22 bits per heavy atom. The molecular weight excluding hydrogens is 282 g/mol. The lowest BCUT2D eigenvalue weighted by molar-refractivity contribution is 0.0215. The summed E-state index contributed by atoms with van der Waals surface area (Å²) in [6, 6.07) is 18.2. The predicted octanol–water partition coefficient (Wildman–Crippen LogP) is 3.82. The Labute approximate surface area is 138 Å². The van der Waals surface area contributed by atoms with E-state index < -0.39 is 0 Å². The van der Waals surface area contributed by atoms with Gasteiger partial charge in [-0.3, -0.25) is 4.90 Å². The Kier molecular flexibility index (Phi) is 3.50. The summed E-state index contributed by atoms with van der Waals surface area (Å²) in [7, 11) is 2.13. The molecule has 1 aromatic heterocycles. The van der Waals surface area contributed by atoms with Gasteiger partial charge >= 0.3 is 0 Å². The van der Waals surface area contributed by atoms with E-state index >= 15 is 0 Å². The molecule has 0 aliphatic carbocycles. The summed E-state index contributed by atoms with van der Waals surface area (Å²) in [6.45, 7) is 0.981. The summed E-state index contributed by atoms with van der Waals surface area (Å²) in [5.74, 6) is 0.185. The van der Waals surface area contributed by atoms with Gasteiger partial charge in [-0.1, -0.05) is 30.3 Å². The van der Waals surface area contributed by atoms with Crippen molar-refractivity contribution < 1.29 is 0 Å². The molecular formula is C20H23N3. The van der Waals surface area contributed by atoms with Crippen molar-refractivity contribution in [1.82, 2.24) is 9.47 Å². The van der Waals surface area contributed by atoms with Gasteiger partial charge in [-0.15, -0.1) is 0 Å². The quantitative estimate of drug-likeness (QED) is 0.863. The number of nitrogens with zero attached hydrogens (tertiary/aromatic N) is 3. The zero-order valence-electron chi connectivity index (χ0n) is 13.7. The van der Waals surface area contributed by atoms with Crippen molar-refractivity contribution in [3.63, 3.8) is 0 Å². The van der Waals surface area contributed by atoms with E-state index in [1.54, 1.807) is 0 Å². The van der Waals surface area contributed by atoms with Crippen LogP contribution >= 0.6 is 0 Å². The molecule has 3 heterocycles. The summed E-state index contributed by atoms with van der Waals surface area (Å²) in [6.07, 6.45) is 6.49. The van der Waals surface area contributed by atoms with Gasteiger partial charge in [0.15, 0.2) is 0 Å². The van der Waals surface area contributed by atoms with Crippen LogP contribution in [0.2, 0.25) is 0 Å². The normalized spacial score (nSPS) is 30.3. The highest BCUT2D eigenvalue weighted by atomic mass is 15.3. The van der Waals surface area contributed by atoms with E-state index in [0.29, 0.717) is 6.04 Å². The Hall–Kier alpha value is -2.05. The second-order valence-electron chi connectivity index (χ2n) is 7.11. The van der Waals surface area contributed by atoms with Crippen molar-refractivity contribution in [3.05, 3.63) is 59.9 Å². The third kappa shape index (κ3) is 2.29. The fourth-order valence-electron chi connectivity index (χ4n) is 4.82. The molecule has 2 bridgehead atoms. The van der Waals surface area contributed by atoms with E-state index in [4.69, 9.17) is 0 Å². The summed E-state index contributed by atoms with van der Waals surface area (Å²) in [5, 5.41) is 9.54. The lowest BCUT2D eigenvalue weighted by Gasteiger charge is -2.47. The molecule has 3 heteroatoms. The average Bonchev–Trinajstić information content (AvgIpc) is 3.08. The zero-order chi connectivity index (χ0) is 15.9. The van der Waals surface area contributed by atoms with E-state index in [0.717, 1.165) is 19.4 Å². The van der Waals surface area contributed by atoms with Gasteiger partial charge in [-0.2, -0.15) is 5.26 Å². The highest BCUT2D eigenvalue weighted by Gasteiger charge is 2.53. The topological polar surface area (TPSA) is 32.0 Å². The van der Waals surface area contributed by atoms with Gasteiger partial charge in [0.2, 0.25) is 0 Å². The lowest BCUT2D eigenvalue weighted by atomic mass is 9.79. The standard InChI is InChI=1S/C20H23N3/c1-22-11-5-8-19(22)20-10-9-18(12-17(13-20)14-21)23(20)15-16-6-3-2-4-7-16/h2-8,11,17-18H,9-10,12-13,15H2,1H3. The Morgan fingerprint density at radius 2 is 2.04 bits per heavy atom. The van der Waals surface area contributed by atoms with Crippen LogP contribution < -0.4 is 0 Å². The van der Waals surface area contributed by atoms with Gasteiger partial charge in [-0.05, 0) is 43.4 Å². The Bertz CT molecular complexity index is 727. The zero-order valence-corrected chi connectivity index (χ0v) is 13.7. The number of nitriles is 1. The van der Waals surface area contributed by atoms with E-state index in [2.05, 4.69) is 71.2 Å². The van der Waals surface area contributed by atoms with Crippen LogP contribution in [-0.2, 0) is 19.1 Å². The first-order valence-electron chi connectivity index (χ1n) is 8.55. The number of piperidine rings is 1. The second-order valence-corrected chi connectivity index (χ2v) is 7.11. The van der Waals surface area contributed by atoms with Crippen LogP contribution in [0, 0.1) is 17.2 Å². The molecule has 3 atom stereocenters. The van der Waals surface area contributed by atoms with Gasteiger partial charge in [-0.25, -0.2) is 0 Å². The molecule has 2 fully saturated rings. The largest absolute Gasteiger partial charge is 0.353 e. The number of rotatable bonds is 3. The smallest absolute Gasteiger partial charge is 0.0657 e. The number of hydrogen-bond donors (Lipinski definition) is 0. The van der Waals surface area contributed by atoms with Gasteiger partial charge in [0.05, 0.1) is 11.6 Å². The highest BCUT2D eigenvalue weighted by Crippen LogP contribution is 2.52. The van der Waals surface area contributed by atoms with Gasteiger partial charge in [0.1, 0.15) is 0 Å². The molecule has 2 aliphatic heterocycles. The van der Waals surface area contributed by atoms with Crippen molar-refractivity contribution in [2.45, 2.75) is 43.8 Å². The fourth-order valence-corrected chi connectivity index (χ4v) is 4.82. The number of aromatic nitrogens is 1. The summed E-state index contributed by atoms with van der Waals surface area (Å²) >= 11 is 0. The Balaban J connectivity index is 1.75. The molecule has 3 unspecified atom stereocenters. The minimum absolute atomic E-state index is 0.0252. The first-order chi connectivity index (χ1) is 11.2. The average molecular weight is 305 g/mol. The first kappa shape index (κ1) is 14.5. The predicted molar refractivity (Wildman–Crippen MR) is 90.4 cm³/mol. The van der Waals surface area contributed by atoms with E-state index in [1.807, 2.05) is 0 Å². The molecule has 1 aromatic carbocycles. The second kappa shape index (κ2) is 5.54. The van der Waals surface area contributed by atoms with Crippen LogP contribution in [0.3, 0.4) is 0 Å². The van der Waals surface area contributed by atoms with Crippen LogP contribution in [0.15, 0.2) is 48.7 Å². The maximum atomic E-state index is 9.54. The lowest BCUT2D eigenvalue weighted by Crippen LogP contribution is -2.50. The molecule has 4 rings (SSSR count). The van der Waals surface area contributed by atoms with Crippen LogP contribution in [0.4, 0.5) is 0 Å². The molecule has 0 N–H and O–H groups in total. The molecule has 0 amide bonds. The van der Waals surface area contributed by atoms with Crippen LogP contribution in [0.5, 0.6) is 0 Å². The number of hydrogen-bond acceptors (Lipinski definition) is 2. The summed E-state index contributed by atoms with van der Waals surface area (Å²) in [4.78, 5) is 2.69. The third-order valence-corrected chi connectivity index (χ3v) is 5.82. The molecule has 3 nitrogen and oxygen atoms in total. The summed E-state index contributed by atoms with van der Waals surface area (Å²) in [5.41, 5.74) is 2.77. The maximum Gasteiger partial charge on any atom is 0.0657 e. The van der Waals surface area contributed by atoms with E-state index in [9.17, 15) is 5.26 Å². The number of fused-ring (bicyclic) bond motifs is 2. The van der Waals surface area contributed by atoms with Gasteiger partial charge in [0.25, 0.3) is 0 Å². The molecule has 2 aromatic rings. The molecule has 23 heavy (non-hydrogen) atoms. The van der Waals surface area contributed by atoms with Crippen molar-refractivity contribution in [3.8, 4) is 6.07 Å². The van der Waals surface area contributed by atoms with E-state index in [-0.39, 0.29) is 11.5 Å². The summed E-state index contributed by atoms with van der Waals surface area (Å²) < 4.78 is 2.25. The minimum atomic E-state index is 0.0252. The van der Waals surface area contributed by atoms with Crippen molar-refractivity contribution >= 4 is 0 Å².